The number of rotatable bonds is 2. The van der Waals surface area contributed by atoms with E-state index < -0.39 is 0 Å². The Labute approximate surface area is 70.3 Å². The van der Waals surface area contributed by atoms with Crippen LogP contribution in [0.5, 0.6) is 0 Å². The first-order valence-electron chi connectivity index (χ1n) is 3.19. The Morgan fingerprint density at radius 1 is 1.27 bits per heavy atom. The van der Waals surface area contributed by atoms with E-state index in [1.54, 1.807) is 0 Å². The van der Waals surface area contributed by atoms with Crippen LogP contribution in [0.3, 0.4) is 0 Å². The normalized spacial score (nSPS) is 11.2. The molecule has 56 valence electrons. The number of benzene rings is 1. The van der Waals surface area contributed by atoms with Crippen LogP contribution in [0.4, 0.5) is 0 Å². The highest BCUT2D eigenvalue weighted by atomic mass is 35.5. The number of hydrogen-bond acceptors (Lipinski definition) is 1. The van der Waals surface area contributed by atoms with Gasteiger partial charge >= 0.3 is 0 Å². The van der Waals surface area contributed by atoms with Crippen molar-refractivity contribution in [3.05, 3.63) is 41.4 Å². The number of hydrogen-bond donors (Lipinski definition) is 0. The predicted octanol–water partition coefficient (Wildman–Crippen LogP) is 2.47. The van der Waals surface area contributed by atoms with Gasteiger partial charge in [0.2, 0.25) is 0 Å². The molecule has 0 spiro atoms. The third-order valence-electron chi connectivity index (χ3n) is 1.35. The van der Waals surface area contributed by atoms with E-state index in [2.05, 4.69) is 0 Å². The second-order valence-electron chi connectivity index (χ2n) is 2.05. The largest absolute Gasteiger partial charge is 0.298 e. The molecule has 0 fully saturated rings. The summed E-state index contributed by atoms with van der Waals surface area (Å²) in [5.41, 5.74) is 2.63. The summed E-state index contributed by atoms with van der Waals surface area (Å²) >= 11 is 5.41. The standard InChI is InChI=1S/C9H7ClO/c10-6-9(7-11)8-4-2-1-3-5-8/h1-7H/b9-6+. The summed E-state index contributed by atoms with van der Waals surface area (Å²) in [7, 11) is 0. The average Bonchev–Trinajstić information content (AvgIpc) is 2.09. The smallest absolute Gasteiger partial charge is 0.151 e. The minimum absolute atomic E-state index is 0.507. The van der Waals surface area contributed by atoms with Gasteiger partial charge < -0.3 is 0 Å². The lowest BCUT2D eigenvalue weighted by Gasteiger charge is -1.95. The van der Waals surface area contributed by atoms with E-state index >= 15 is 0 Å². The molecule has 0 radical (unpaired) electrons. The fourth-order valence-corrected chi connectivity index (χ4v) is 0.965. The van der Waals surface area contributed by atoms with Crippen LogP contribution >= 0.6 is 11.6 Å². The summed E-state index contributed by atoms with van der Waals surface area (Å²) in [5, 5.41) is 0. The Kier molecular flexibility index (Phi) is 2.87. The first kappa shape index (κ1) is 8.02. The molecule has 0 aromatic heterocycles. The Hall–Kier alpha value is -1.08. The van der Waals surface area contributed by atoms with Crippen molar-refractivity contribution in [3.63, 3.8) is 0 Å². The molecule has 0 heterocycles. The van der Waals surface area contributed by atoms with Gasteiger partial charge in [0.15, 0.2) is 6.29 Å². The lowest BCUT2D eigenvalue weighted by atomic mass is 10.1. The van der Waals surface area contributed by atoms with Crippen LogP contribution in [0, 0.1) is 0 Å². The Balaban J connectivity index is 3.01. The Morgan fingerprint density at radius 3 is 2.36 bits per heavy atom. The van der Waals surface area contributed by atoms with Crippen molar-refractivity contribution in [2.24, 2.45) is 0 Å². The molecule has 1 rings (SSSR count). The molecule has 11 heavy (non-hydrogen) atoms. The van der Waals surface area contributed by atoms with Gasteiger partial charge in [-0.15, -0.1) is 0 Å². The zero-order valence-corrected chi connectivity index (χ0v) is 6.58. The fraction of sp³-hybridized carbons (Fsp3) is 0. The first-order valence-corrected chi connectivity index (χ1v) is 3.63. The van der Waals surface area contributed by atoms with Gasteiger partial charge in [-0.2, -0.15) is 0 Å². The summed E-state index contributed by atoms with van der Waals surface area (Å²) in [6.07, 6.45) is 0.738. The van der Waals surface area contributed by atoms with Crippen molar-refractivity contribution >= 4 is 23.5 Å². The topological polar surface area (TPSA) is 17.1 Å². The van der Waals surface area contributed by atoms with E-state index in [9.17, 15) is 4.79 Å². The molecule has 1 nitrogen and oxygen atoms in total. The van der Waals surface area contributed by atoms with Gasteiger partial charge in [0.25, 0.3) is 0 Å². The van der Waals surface area contributed by atoms with Crippen molar-refractivity contribution in [3.8, 4) is 0 Å². The first-order chi connectivity index (χ1) is 5.38. The Bertz CT molecular complexity index is 264. The third-order valence-corrected chi connectivity index (χ3v) is 1.59. The number of aldehydes is 1. The third kappa shape index (κ3) is 1.92. The molecule has 2 heteroatoms. The second-order valence-corrected chi connectivity index (χ2v) is 2.27. The highest BCUT2D eigenvalue weighted by molar-refractivity contribution is 6.32. The van der Waals surface area contributed by atoms with E-state index in [-0.39, 0.29) is 0 Å². The molecule has 0 atom stereocenters. The van der Waals surface area contributed by atoms with Gasteiger partial charge in [-0.25, -0.2) is 0 Å². The van der Waals surface area contributed by atoms with Crippen LogP contribution in [-0.4, -0.2) is 6.29 Å². The van der Waals surface area contributed by atoms with E-state index in [0.717, 1.165) is 11.8 Å². The maximum absolute atomic E-state index is 10.4. The van der Waals surface area contributed by atoms with E-state index in [4.69, 9.17) is 11.6 Å². The Morgan fingerprint density at radius 2 is 1.91 bits per heavy atom. The van der Waals surface area contributed by atoms with Crippen molar-refractivity contribution in [1.82, 2.24) is 0 Å². The summed E-state index contributed by atoms with van der Waals surface area (Å²) in [6, 6.07) is 9.28. The van der Waals surface area contributed by atoms with Gasteiger partial charge in [0, 0.05) is 11.1 Å². The number of allylic oxidation sites excluding steroid dienone is 1. The van der Waals surface area contributed by atoms with Crippen LogP contribution in [0.1, 0.15) is 5.56 Å². The van der Waals surface area contributed by atoms with Gasteiger partial charge in [0.1, 0.15) is 0 Å². The molecule has 1 aromatic carbocycles. The number of halogens is 1. The minimum atomic E-state index is 0.507. The number of carbonyl (C=O) groups is 1. The minimum Gasteiger partial charge on any atom is -0.298 e. The molecular weight excluding hydrogens is 160 g/mol. The molecule has 0 aliphatic heterocycles. The van der Waals surface area contributed by atoms with Gasteiger partial charge in [-0.3, -0.25) is 4.79 Å². The second kappa shape index (κ2) is 3.94. The monoisotopic (exact) mass is 166 g/mol. The highest BCUT2D eigenvalue weighted by Crippen LogP contribution is 2.11. The highest BCUT2D eigenvalue weighted by Gasteiger charge is 1.95. The van der Waals surface area contributed by atoms with Crippen LogP contribution in [0.25, 0.3) is 5.57 Å². The average molecular weight is 167 g/mol. The predicted molar refractivity (Wildman–Crippen MR) is 46.3 cm³/mol. The SMILES string of the molecule is O=C/C(=C\Cl)c1ccccc1. The van der Waals surface area contributed by atoms with Crippen LogP contribution < -0.4 is 0 Å². The lowest BCUT2D eigenvalue weighted by Crippen LogP contribution is -1.82. The number of carbonyl (C=O) groups excluding carboxylic acids is 1. The maximum atomic E-state index is 10.4. The molecule has 0 aliphatic rings. The van der Waals surface area contributed by atoms with E-state index in [1.165, 1.54) is 5.54 Å². The maximum Gasteiger partial charge on any atom is 0.151 e. The zero-order valence-electron chi connectivity index (χ0n) is 5.83. The molecule has 0 saturated carbocycles. The summed E-state index contributed by atoms with van der Waals surface area (Å²) in [6.45, 7) is 0. The zero-order chi connectivity index (χ0) is 8.10. The van der Waals surface area contributed by atoms with Crippen molar-refractivity contribution in [1.29, 1.82) is 0 Å². The van der Waals surface area contributed by atoms with E-state index in [1.807, 2.05) is 30.3 Å². The van der Waals surface area contributed by atoms with Crippen LogP contribution in [-0.2, 0) is 4.79 Å². The molecule has 0 N–H and O–H groups in total. The molecule has 0 bridgehead atoms. The molecular formula is C9H7ClO. The lowest BCUT2D eigenvalue weighted by molar-refractivity contribution is -0.103. The molecule has 0 aliphatic carbocycles. The quantitative estimate of drug-likeness (QED) is 0.487. The van der Waals surface area contributed by atoms with Crippen molar-refractivity contribution in [2.75, 3.05) is 0 Å². The van der Waals surface area contributed by atoms with Crippen LogP contribution in [0.2, 0.25) is 0 Å². The van der Waals surface area contributed by atoms with Gasteiger partial charge in [0.05, 0.1) is 0 Å². The van der Waals surface area contributed by atoms with Crippen LogP contribution in [0.15, 0.2) is 35.9 Å². The molecule has 1 aromatic rings. The fourth-order valence-electron chi connectivity index (χ4n) is 0.787. The van der Waals surface area contributed by atoms with E-state index in [0.29, 0.717) is 5.57 Å². The molecule has 0 amide bonds. The summed E-state index contributed by atoms with van der Waals surface area (Å²) < 4.78 is 0. The van der Waals surface area contributed by atoms with Gasteiger partial charge in [-0.1, -0.05) is 41.9 Å². The van der Waals surface area contributed by atoms with Crippen molar-refractivity contribution < 1.29 is 4.79 Å². The molecule has 0 saturated heterocycles. The summed E-state index contributed by atoms with van der Waals surface area (Å²) in [4.78, 5) is 10.4. The summed E-state index contributed by atoms with van der Waals surface area (Å²) in [5.74, 6) is 0. The van der Waals surface area contributed by atoms with Gasteiger partial charge in [-0.05, 0) is 5.56 Å². The molecule has 0 unspecified atom stereocenters. The van der Waals surface area contributed by atoms with Crippen molar-refractivity contribution in [2.45, 2.75) is 0 Å².